The lowest BCUT2D eigenvalue weighted by molar-refractivity contribution is -0.120. The molecule has 1 aromatic rings. The molecule has 1 aromatic carbocycles. The molecule has 1 rings (SSSR count). The van der Waals surface area contributed by atoms with Crippen molar-refractivity contribution in [3.05, 3.63) is 30.3 Å². The maximum Gasteiger partial charge on any atom is 0.221 e. The topological polar surface area (TPSA) is 44.4 Å². The van der Waals surface area contributed by atoms with Crippen molar-refractivity contribution in [1.82, 2.24) is 10.2 Å². The molecular weight excluding hydrogens is 226 g/mol. The fourth-order valence-electron chi connectivity index (χ4n) is 1.59. The summed E-state index contributed by atoms with van der Waals surface area (Å²) in [7, 11) is 4.07. The minimum atomic E-state index is 0.109. The number of nitrogens with zero attached hydrogens (tertiary/aromatic N) is 1. The number of anilines is 1. The van der Waals surface area contributed by atoms with E-state index in [1.54, 1.807) is 0 Å². The summed E-state index contributed by atoms with van der Waals surface area (Å²) in [4.78, 5) is 13.6. The van der Waals surface area contributed by atoms with E-state index in [9.17, 15) is 4.79 Å². The van der Waals surface area contributed by atoms with Crippen LogP contribution in [0.3, 0.4) is 0 Å². The SMILES string of the molecule is CN(C)CCCNC(=O)CCNc1ccccc1. The Kier molecular flexibility index (Phi) is 6.87. The average Bonchev–Trinajstić information content (AvgIpc) is 2.36. The zero-order valence-corrected chi connectivity index (χ0v) is 11.3. The minimum absolute atomic E-state index is 0.109. The van der Waals surface area contributed by atoms with E-state index in [4.69, 9.17) is 0 Å². The molecule has 0 aliphatic rings. The number of rotatable bonds is 8. The normalized spacial score (nSPS) is 10.4. The number of amides is 1. The predicted molar refractivity (Wildman–Crippen MR) is 75.7 cm³/mol. The maximum atomic E-state index is 11.5. The molecule has 0 aliphatic heterocycles. The fourth-order valence-corrected chi connectivity index (χ4v) is 1.59. The Hall–Kier alpha value is -1.55. The highest BCUT2D eigenvalue weighted by Crippen LogP contribution is 2.04. The number of hydrogen-bond acceptors (Lipinski definition) is 3. The predicted octanol–water partition coefficient (Wildman–Crippen LogP) is 1.56. The van der Waals surface area contributed by atoms with Gasteiger partial charge in [0.05, 0.1) is 0 Å². The number of hydrogen-bond donors (Lipinski definition) is 2. The summed E-state index contributed by atoms with van der Waals surface area (Å²) in [5, 5.41) is 6.13. The molecule has 0 aromatic heterocycles. The van der Waals surface area contributed by atoms with E-state index in [0.29, 0.717) is 13.0 Å². The van der Waals surface area contributed by atoms with Crippen molar-refractivity contribution < 1.29 is 4.79 Å². The molecule has 0 saturated heterocycles. The van der Waals surface area contributed by atoms with Gasteiger partial charge in [0.2, 0.25) is 5.91 Å². The van der Waals surface area contributed by atoms with Gasteiger partial charge in [0.15, 0.2) is 0 Å². The van der Waals surface area contributed by atoms with E-state index in [0.717, 1.165) is 25.2 Å². The molecule has 18 heavy (non-hydrogen) atoms. The number of nitrogens with one attached hydrogen (secondary N) is 2. The van der Waals surface area contributed by atoms with E-state index < -0.39 is 0 Å². The summed E-state index contributed by atoms with van der Waals surface area (Å²) in [6.45, 7) is 2.43. The van der Waals surface area contributed by atoms with Gasteiger partial charge in [-0.15, -0.1) is 0 Å². The molecule has 0 aliphatic carbocycles. The summed E-state index contributed by atoms with van der Waals surface area (Å²) in [5.74, 6) is 0.109. The van der Waals surface area contributed by atoms with E-state index in [1.165, 1.54) is 0 Å². The second kappa shape index (κ2) is 8.53. The summed E-state index contributed by atoms with van der Waals surface area (Å²) in [6.07, 6.45) is 1.50. The molecule has 0 unspecified atom stereocenters. The van der Waals surface area contributed by atoms with Crippen molar-refractivity contribution in [2.75, 3.05) is 39.0 Å². The first-order valence-corrected chi connectivity index (χ1v) is 6.39. The first-order valence-electron chi connectivity index (χ1n) is 6.39. The quantitative estimate of drug-likeness (QED) is 0.687. The van der Waals surface area contributed by atoms with Crippen molar-refractivity contribution in [3.63, 3.8) is 0 Å². The molecule has 0 atom stereocenters. The van der Waals surface area contributed by atoms with Crippen LogP contribution in [0.2, 0.25) is 0 Å². The van der Waals surface area contributed by atoms with Gasteiger partial charge in [-0.3, -0.25) is 4.79 Å². The van der Waals surface area contributed by atoms with Crippen molar-refractivity contribution in [2.24, 2.45) is 0 Å². The minimum Gasteiger partial charge on any atom is -0.385 e. The highest BCUT2D eigenvalue weighted by atomic mass is 16.1. The van der Waals surface area contributed by atoms with Gasteiger partial charge in [0, 0.05) is 25.2 Å². The van der Waals surface area contributed by atoms with Gasteiger partial charge in [-0.25, -0.2) is 0 Å². The largest absolute Gasteiger partial charge is 0.385 e. The van der Waals surface area contributed by atoms with Crippen molar-refractivity contribution in [1.29, 1.82) is 0 Å². The van der Waals surface area contributed by atoms with Gasteiger partial charge >= 0.3 is 0 Å². The molecule has 0 spiro atoms. The van der Waals surface area contributed by atoms with Crippen LogP contribution in [0.5, 0.6) is 0 Å². The molecule has 0 radical (unpaired) electrons. The summed E-state index contributed by atoms with van der Waals surface area (Å²) in [5.41, 5.74) is 1.05. The van der Waals surface area contributed by atoms with E-state index in [2.05, 4.69) is 15.5 Å². The molecule has 0 fully saturated rings. The van der Waals surface area contributed by atoms with Crippen LogP contribution in [0.15, 0.2) is 30.3 Å². The molecule has 0 saturated carbocycles. The number of benzene rings is 1. The zero-order valence-electron chi connectivity index (χ0n) is 11.3. The second-order valence-corrected chi connectivity index (χ2v) is 4.55. The Morgan fingerprint density at radius 1 is 1.17 bits per heavy atom. The monoisotopic (exact) mass is 249 g/mol. The van der Waals surface area contributed by atoms with Crippen molar-refractivity contribution in [3.8, 4) is 0 Å². The highest BCUT2D eigenvalue weighted by Gasteiger charge is 2.00. The van der Waals surface area contributed by atoms with Crippen LogP contribution < -0.4 is 10.6 Å². The molecule has 4 heteroatoms. The summed E-state index contributed by atoms with van der Waals surface area (Å²) < 4.78 is 0. The lowest BCUT2D eigenvalue weighted by atomic mass is 10.3. The smallest absolute Gasteiger partial charge is 0.221 e. The van der Waals surface area contributed by atoms with Crippen LogP contribution in [0.25, 0.3) is 0 Å². The van der Waals surface area contributed by atoms with Crippen LogP contribution in [0.1, 0.15) is 12.8 Å². The van der Waals surface area contributed by atoms with Crippen LogP contribution in [-0.2, 0) is 4.79 Å². The van der Waals surface area contributed by atoms with Crippen molar-refractivity contribution in [2.45, 2.75) is 12.8 Å². The molecule has 0 bridgehead atoms. The lowest BCUT2D eigenvalue weighted by Crippen LogP contribution is -2.28. The van der Waals surface area contributed by atoms with Gasteiger partial charge in [-0.2, -0.15) is 0 Å². The zero-order chi connectivity index (χ0) is 13.2. The molecule has 2 N–H and O–H groups in total. The Labute approximate surface area is 109 Å². The van der Waals surface area contributed by atoms with Gasteiger partial charge in [0.1, 0.15) is 0 Å². The maximum absolute atomic E-state index is 11.5. The van der Waals surface area contributed by atoms with Crippen LogP contribution in [-0.4, -0.2) is 44.5 Å². The number of para-hydroxylation sites is 1. The van der Waals surface area contributed by atoms with E-state index >= 15 is 0 Å². The van der Waals surface area contributed by atoms with Gasteiger partial charge in [-0.05, 0) is 39.2 Å². The van der Waals surface area contributed by atoms with Gasteiger partial charge < -0.3 is 15.5 Å². The van der Waals surface area contributed by atoms with Crippen LogP contribution >= 0.6 is 0 Å². The number of carbonyl (C=O) groups is 1. The molecule has 1 amide bonds. The molecule has 4 nitrogen and oxygen atoms in total. The van der Waals surface area contributed by atoms with Crippen LogP contribution in [0.4, 0.5) is 5.69 Å². The Morgan fingerprint density at radius 2 is 1.89 bits per heavy atom. The fraction of sp³-hybridized carbons (Fsp3) is 0.500. The average molecular weight is 249 g/mol. The third-order valence-electron chi connectivity index (χ3n) is 2.56. The standard InChI is InChI=1S/C14H23N3O/c1-17(2)12-6-10-16-14(18)9-11-15-13-7-4-3-5-8-13/h3-5,7-8,15H,6,9-12H2,1-2H3,(H,16,18). The first kappa shape index (κ1) is 14.5. The van der Waals surface area contributed by atoms with Gasteiger partial charge in [0.25, 0.3) is 0 Å². The van der Waals surface area contributed by atoms with E-state index in [1.807, 2.05) is 44.4 Å². The van der Waals surface area contributed by atoms with E-state index in [-0.39, 0.29) is 5.91 Å². The Morgan fingerprint density at radius 3 is 2.56 bits per heavy atom. The third kappa shape index (κ3) is 6.91. The third-order valence-corrected chi connectivity index (χ3v) is 2.56. The highest BCUT2D eigenvalue weighted by molar-refractivity contribution is 5.76. The summed E-state index contributed by atoms with van der Waals surface area (Å²) >= 11 is 0. The molecular formula is C14H23N3O. The van der Waals surface area contributed by atoms with Crippen molar-refractivity contribution >= 4 is 11.6 Å². The molecule has 100 valence electrons. The summed E-state index contributed by atoms with van der Waals surface area (Å²) in [6, 6.07) is 9.92. The first-order chi connectivity index (χ1) is 8.68. The number of carbonyl (C=O) groups excluding carboxylic acids is 1. The van der Waals surface area contributed by atoms with Gasteiger partial charge in [-0.1, -0.05) is 18.2 Å². The lowest BCUT2D eigenvalue weighted by Gasteiger charge is -2.10. The molecule has 0 heterocycles. The van der Waals surface area contributed by atoms with Crippen LogP contribution in [0, 0.1) is 0 Å². The second-order valence-electron chi connectivity index (χ2n) is 4.55. The Balaban J connectivity index is 2.03. The Bertz CT molecular complexity index is 338.